The quantitative estimate of drug-likeness (QED) is 0.354. The zero-order valence-electron chi connectivity index (χ0n) is 11.5. The van der Waals surface area contributed by atoms with Gasteiger partial charge >= 0.3 is 0 Å². The van der Waals surface area contributed by atoms with Crippen molar-refractivity contribution in [3.05, 3.63) is 23.4 Å². The second-order valence-corrected chi connectivity index (χ2v) is 4.95. The highest BCUT2D eigenvalue weighted by Gasteiger charge is 2.18. The number of pyridine rings is 1. The summed E-state index contributed by atoms with van der Waals surface area (Å²) < 4.78 is 0. The molecule has 3 N–H and O–H groups in total. The highest BCUT2D eigenvalue weighted by atomic mass is 16.4. The van der Waals surface area contributed by atoms with Gasteiger partial charge in [-0.05, 0) is 39.1 Å². The molecule has 0 spiro atoms. The lowest BCUT2D eigenvalue weighted by atomic mass is 10.2. The first-order valence-electron chi connectivity index (χ1n) is 6.51. The van der Waals surface area contributed by atoms with Crippen LogP contribution in [-0.4, -0.2) is 54.2 Å². The Kier molecular flexibility index (Phi) is 4.21. The Morgan fingerprint density at radius 3 is 2.84 bits per heavy atom. The molecule has 1 aliphatic heterocycles. The zero-order chi connectivity index (χ0) is 13.8. The van der Waals surface area contributed by atoms with Crippen LogP contribution >= 0.6 is 0 Å². The minimum atomic E-state index is 0.111. The van der Waals surface area contributed by atoms with Gasteiger partial charge in [0.05, 0.1) is 5.56 Å². The van der Waals surface area contributed by atoms with E-state index in [1.165, 1.54) is 0 Å². The maximum Gasteiger partial charge on any atom is 0.173 e. The molecule has 0 radical (unpaired) electrons. The molecule has 19 heavy (non-hydrogen) atoms. The predicted octanol–water partition coefficient (Wildman–Crippen LogP) is 0.626. The molecule has 104 valence electrons. The van der Waals surface area contributed by atoms with E-state index in [2.05, 4.69) is 27.0 Å². The number of amidine groups is 1. The van der Waals surface area contributed by atoms with Gasteiger partial charge in [-0.1, -0.05) is 5.16 Å². The second kappa shape index (κ2) is 5.88. The molecule has 0 aromatic carbocycles. The molecule has 1 aromatic rings. The highest BCUT2D eigenvalue weighted by Crippen LogP contribution is 2.20. The van der Waals surface area contributed by atoms with Crippen molar-refractivity contribution in [2.24, 2.45) is 10.9 Å². The van der Waals surface area contributed by atoms with Crippen LogP contribution in [0.5, 0.6) is 0 Å². The molecule has 6 heteroatoms. The fourth-order valence-corrected chi connectivity index (χ4v) is 2.30. The average molecular weight is 263 g/mol. The van der Waals surface area contributed by atoms with Crippen molar-refractivity contribution in [1.82, 2.24) is 9.88 Å². The van der Waals surface area contributed by atoms with Gasteiger partial charge in [-0.25, -0.2) is 4.98 Å². The van der Waals surface area contributed by atoms with Gasteiger partial charge < -0.3 is 20.7 Å². The smallest absolute Gasteiger partial charge is 0.173 e. The van der Waals surface area contributed by atoms with E-state index in [0.29, 0.717) is 5.56 Å². The number of aryl methyl sites for hydroxylation is 1. The van der Waals surface area contributed by atoms with Crippen LogP contribution in [0.4, 0.5) is 5.82 Å². The third-order valence-corrected chi connectivity index (χ3v) is 3.42. The third kappa shape index (κ3) is 3.14. The van der Waals surface area contributed by atoms with Gasteiger partial charge in [0, 0.05) is 25.3 Å². The van der Waals surface area contributed by atoms with Crippen molar-refractivity contribution >= 4 is 11.7 Å². The van der Waals surface area contributed by atoms with E-state index in [9.17, 15) is 0 Å². The van der Waals surface area contributed by atoms with Crippen molar-refractivity contribution in [3.8, 4) is 0 Å². The van der Waals surface area contributed by atoms with E-state index in [1.807, 2.05) is 19.1 Å². The summed E-state index contributed by atoms with van der Waals surface area (Å²) in [4.78, 5) is 9.08. The fourth-order valence-electron chi connectivity index (χ4n) is 2.30. The minimum Gasteiger partial charge on any atom is -0.409 e. The number of oxime groups is 1. The summed E-state index contributed by atoms with van der Waals surface area (Å²) >= 11 is 0. The highest BCUT2D eigenvalue weighted by molar-refractivity contribution is 6.01. The van der Waals surface area contributed by atoms with Crippen molar-refractivity contribution in [1.29, 1.82) is 0 Å². The van der Waals surface area contributed by atoms with Crippen LogP contribution in [0.1, 0.15) is 17.7 Å². The molecule has 0 saturated carbocycles. The first kappa shape index (κ1) is 13.6. The van der Waals surface area contributed by atoms with E-state index in [1.54, 1.807) is 0 Å². The van der Waals surface area contributed by atoms with E-state index in [4.69, 9.17) is 10.9 Å². The molecule has 1 aliphatic rings. The molecule has 1 saturated heterocycles. The monoisotopic (exact) mass is 263 g/mol. The van der Waals surface area contributed by atoms with Crippen LogP contribution in [0.3, 0.4) is 0 Å². The third-order valence-electron chi connectivity index (χ3n) is 3.42. The number of anilines is 1. The number of nitrogens with zero attached hydrogens (tertiary/aromatic N) is 4. The summed E-state index contributed by atoms with van der Waals surface area (Å²) in [5.74, 6) is 0.922. The summed E-state index contributed by atoms with van der Waals surface area (Å²) in [7, 11) is 2.12. The summed E-state index contributed by atoms with van der Waals surface area (Å²) in [5, 5.41) is 12.0. The second-order valence-electron chi connectivity index (χ2n) is 4.95. The van der Waals surface area contributed by atoms with E-state index in [-0.39, 0.29) is 5.84 Å². The molecule has 1 aromatic heterocycles. The summed E-state index contributed by atoms with van der Waals surface area (Å²) in [6.07, 6.45) is 1.09. The standard InChI is InChI=1S/C13H21N5O/c1-10-4-5-11(12(14)16-19)13(15-10)18-7-3-6-17(2)8-9-18/h4-5,19H,3,6-9H2,1-2H3,(H2,14,16). The molecule has 2 heterocycles. The van der Waals surface area contributed by atoms with Crippen LogP contribution in [0, 0.1) is 6.92 Å². The lowest BCUT2D eigenvalue weighted by molar-refractivity contribution is 0.318. The molecular formula is C13H21N5O. The van der Waals surface area contributed by atoms with Crippen molar-refractivity contribution < 1.29 is 5.21 Å². The van der Waals surface area contributed by atoms with Crippen molar-refractivity contribution in [3.63, 3.8) is 0 Å². The average Bonchev–Trinajstić information content (AvgIpc) is 2.62. The van der Waals surface area contributed by atoms with Crippen molar-refractivity contribution in [2.75, 3.05) is 38.1 Å². The Morgan fingerprint density at radius 2 is 2.11 bits per heavy atom. The minimum absolute atomic E-state index is 0.111. The SMILES string of the molecule is Cc1ccc(C(N)=NO)c(N2CCCN(C)CC2)n1. The number of aromatic nitrogens is 1. The molecule has 0 bridgehead atoms. The van der Waals surface area contributed by atoms with Crippen LogP contribution < -0.4 is 10.6 Å². The molecule has 0 amide bonds. The first-order chi connectivity index (χ1) is 9.11. The molecule has 2 rings (SSSR count). The van der Waals surface area contributed by atoms with Crippen LogP contribution in [-0.2, 0) is 0 Å². The van der Waals surface area contributed by atoms with Gasteiger partial charge in [0.2, 0.25) is 0 Å². The summed E-state index contributed by atoms with van der Waals surface area (Å²) in [5.41, 5.74) is 7.37. The summed E-state index contributed by atoms with van der Waals surface area (Å²) in [6, 6.07) is 3.74. The number of hydrogen-bond acceptors (Lipinski definition) is 5. The molecular weight excluding hydrogens is 242 g/mol. The zero-order valence-corrected chi connectivity index (χ0v) is 11.5. The Bertz CT molecular complexity index is 474. The lowest BCUT2D eigenvalue weighted by Crippen LogP contribution is -2.31. The van der Waals surface area contributed by atoms with Gasteiger partial charge in [0.15, 0.2) is 5.84 Å². The molecule has 0 unspecified atom stereocenters. The first-order valence-corrected chi connectivity index (χ1v) is 6.51. The molecule has 1 fully saturated rings. The van der Waals surface area contributed by atoms with E-state index in [0.717, 1.165) is 44.1 Å². The Morgan fingerprint density at radius 1 is 1.32 bits per heavy atom. The van der Waals surface area contributed by atoms with Crippen LogP contribution in [0.15, 0.2) is 17.3 Å². The topological polar surface area (TPSA) is 78.0 Å². The molecule has 6 nitrogen and oxygen atoms in total. The fraction of sp³-hybridized carbons (Fsp3) is 0.538. The van der Waals surface area contributed by atoms with Gasteiger partial charge in [-0.2, -0.15) is 0 Å². The van der Waals surface area contributed by atoms with Crippen molar-refractivity contribution in [2.45, 2.75) is 13.3 Å². The van der Waals surface area contributed by atoms with Gasteiger partial charge in [0.25, 0.3) is 0 Å². The van der Waals surface area contributed by atoms with E-state index >= 15 is 0 Å². The van der Waals surface area contributed by atoms with Gasteiger partial charge in [-0.3, -0.25) is 0 Å². The summed E-state index contributed by atoms with van der Waals surface area (Å²) in [6.45, 7) is 5.86. The Balaban J connectivity index is 2.34. The number of nitrogens with two attached hydrogens (primary N) is 1. The number of hydrogen-bond donors (Lipinski definition) is 2. The van der Waals surface area contributed by atoms with Crippen LogP contribution in [0.25, 0.3) is 0 Å². The number of rotatable bonds is 2. The van der Waals surface area contributed by atoms with Crippen LogP contribution in [0.2, 0.25) is 0 Å². The lowest BCUT2D eigenvalue weighted by Gasteiger charge is -2.24. The maximum atomic E-state index is 8.89. The van der Waals surface area contributed by atoms with Gasteiger partial charge in [0.1, 0.15) is 5.82 Å². The predicted molar refractivity (Wildman–Crippen MR) is 75.8 cm³/mol. The molecule has 0 aliphatic carbocycles. The Labute approximate surface area is 113 Å². The Hall–Kier alpha value is -1.82. The normalized spacial score (nSPS) is 18.4. The molecule has 0 atom stereocenters. The van der Waals surface area contributed by atoms with Gasteiger partial charge in [-0.15, -0.1) is 0 Å². The largest absolute Gasteiger partial charge is 0.409 e. The van der Waals surface area contributed by atoms with E-state index < -0.39 is 0 Å². The maximum absolute atomic E-state index is 8.89. The number of likely N-dealkylation sites (N-methyl/N-ethyl adjacent to an activating group) is 1.